The van der Waals surface area contributed by atoms with Gasteiger partial charge in [-0.25, -0.2) is 14.2 Å². The summed E-state index contributed by atoms with van der Waals surface area (Å²) in [5.41, 5.74) is 0.371. The average Bonchev–Trinajstić information content (AvgIpc) is 3.70. The van der Waals surface area contributed by atoms with E-state index in [0.717, 1.165) is 18.8 Å². The number of rotatable bonds is 11. The van der Waals surface area contributed by atoms with Crippen LogP contribution < -0.4 is 42.9 Å². The van der Waals surface area contributed by atoms with Gasteiger partial charge in [-0.05, 0) is 23.6 Å². The second-order valence-electron chi connectivity index (χ2n) is 12.8. The number of aromatic carboxylic acids is 1. The van der Waals surface area contributed by atoms with Crippen molar-refractivity contribution < 1.29 is 52.2 Å². The Morgan fingerprint density at radius 1 is 0.965 bits per heavy atom. The number of nitrogens with zero attached hydrogens (tertiary/aromatic N) is 8. The molecule has 0 unspecified atom stereocenters. The van der Waals surface area contributed by atoms with Crippen LogP contribution in [0.2, 0.25) is 0 Å². The van der Waals surface area contributed by atoms with E-state index in [9.17, 15) is 19.1 Å². The van der Waals surface area contributed by atoms with Crippen molar-refractivity contribution in [2.45, 2.75) is 26.8 Å². The molecule has 2 aliphatic rings. The van der Waals surface area contributed by atoms with Crippen LogP contribution in [0.4, 0.5) is 15.8 Å². The quantitative estimate of drug-likeness (QED) is 0.178. The normalized spacial score (nSPS) is 13.9. The number of amides is 1. The molecule has 5 aromatic rings. The monoisotopic (exact) mass is 802 g/mol. The summed E-state index contributed by atoms with van der Waals surface area (Å²) in [4.78, 5) is 46.6. The fraction of sp³-hybridized carbons (Fsp3) is 0.297. The van der Waals surface area contributed by atoms with Crippen molar-refractivity contribution in [1.29, 1.82) is 0 Å². The van der Waals surface area contributed by atoms with Crippen molar-refractivity contribution in [1.82, 2.24) is 28.9 Å². The fourth-order valence-corrected chi connectivity index (χ4v) is 6.37. The van der Waals surface area contributed by atoms with Gasteiger partial charge in [0, 0.05) is 30.6 Å². The van der Waals surface area contributed by atoms with E-state index in [2.05, 4.69) is 49.1 Å². The number of carboxylic acids is 1. The highest BCUT2D eigenvalue weighted by Crippen LogP contribution is 2.38. The molecular formula is C37H35FN8O10S. The number of hydrogen-bond donors (Lipinski definition) is 1. The molecule has 0 radical (unpaired) electrons. The van der Waals surface area contributed by atoms with Crippen LogP contribution in [0.1, 0.15) is 30.0 Å². The third-order valence-electron chi connectivity index (χ3n) is 8.19. The molecule has 2 aliphatic heterocycles. The molecule has 0 atom stereocenters. The highest BCUT2D eigenvalue weighted by molar-refractivity contribution is 7.02. The summed E-state index contributed by atoms with van der Waals surface area (Å²) in [5.74, 6) is 2.10. The number of hydrogen-bond acceptors (Lipinski definition) is 16. The number of ether oxygens (including phenoxy) is 7. The molecule has 0 fully saturated rings. The molecule has 57 heavy (non-hydrogen) atoms. The van der Waals surface area contributed by atoms with Crippen molar-refractivity contribution in [2.24, 2.45) is 10.4 Å². The molecule has 2 aromatic carbocycles. The Morgan fingerprint density at radius 3 is 2.04 bits per heavy atom. The Morgan fingerprint density at radius 2 is 1.53 bits per heavy atom. The largest absolute Gasteiger partial charge is 0.481 e. The summed E-state index contributed by atoms with van der Waals surface area (Å²) >= 11 is 1.24. The molecule has 0 spiro atoms. The van der Waals surface area contributed by atoms with Gasteiger partial charge < -0.3 is 42.8 Å². The summed E-state index contributed by atoms with van der Waals surface area (Å²) in [5, 5.41) is 9.77. The Bertz CT molecular complexity index is 2330. The van der Waals surface area contributed by atoms with Gasteiger partial charge in [0.2, 0.25) is 28.3 Å². The number of aromatic nitrogens is 6. The van der Waals surface area contributed by atoms with E-state index in [-0.39, 0.29) is 82.8 Å². The highest BCUT2D eigenvalue weighted by atomic mass is 32.1. The van der Waals surface area contributed by atoms with Gasteiger partial charge >= 0.3 is 18.0 Å². The second kappa shape index (κ2) is 16.8. The molecular weight excluding hydrogens is 768 g/mol. The van der Waals surface area contributed by atoms with Gasteiger partial charge in [0.05, 0.1) is 52.8 Å². The van der Waals surface area contributed by atoms with E-state index < -0.39 is 11.8 Å². The summed E-state index contributed by atoms with van der Waals surface area (Å²) in [6.45, 7) is 5.05. The van der Waals surface area contributed by atoms with E-state index in [0.29, 0.717) is 16.2 Å². The third-order valence-corrected chi connectivity index (χ3v) is 8.97. The molecule has 0 saturated heterocycles. The lowest BCUT2D eigenvalue weighted by molar-refractivity contribution is -0.121. The van der Waals surface area contributed by atoms with Gasteiger partial charge in [-0.1, -0.05) is 25.8 Å². The summed E-state index contributed by atoms with van der Waals surface area (Å²) in [6, 6.07) is 9.62. The Hall–Kier alpha value is -7.01. The maximum atomic E-state index is 14.5. The average molecular weight is 803 g/mol. The number of benzene rings is 2. The topological polar surface area (TPSA) is 204 Å². The smallest absolute Gasteiger partial charge is 0.343 e. The van der Waals surface area contributed by atoms with Gasteiger partial charge in [0.15, 0.2) is 12.4 Å². The molecule has 0 bridgehead atoms. The van der Waals surface area contributed by atoms with Crippen LogP contribution in [-0.4, -0.2) is 87.5 Å². The van der Waals surface area contributed by atoms with Crippen LogP contribution in [0.3, 0.4) is 0 Å². The Labute approximate surface area is 328 Å². The molecule has 0 saturated carbocycles. The fourth-order valence-electron chi connectivity index (χ4n) is 5.61. The predicted octanol–water partition coefficient (Wildman–Crippen LogP) is 4.84. The summed E-state index contributed by atoms with van der Waals surface area (Å²) < 4.78 is 57.8. The van der Waals surface area contributed by atoms with E-state index >= 15 is 0 Å². The molecule has 3 aromatic heterocycles. The first kappa shape index (κ1) is 39.7. The molecule has 1 amide bonds. The number of carbonyl (C=O) groups excluding carboxylic acids is 1. The van der Waals surface area contributed by atoms with E-state index in [1.54, 1.807) is 0 Å². The minimum Gasteiger partial charge on any atom is -0.481 e. The van der Waals surface area contributed by atoms with Gasteiger partial charge in [0.1, 0.15) is 34.3 Å². The minimum absolute atomic E-state index is 0.0878. The first-order valence-electron chi connectivity index (χ1n) is 16.8. The molecule has 18 nitrogen and oxygen atoms in total. The maximum Gasteiger partial charge on any atom is 0.343 e. The minimum atomic E-state index is -1.32. The number of methoxy groups -OCH3 is 4. The number of terminal acetylenes is 1. The second-order valence-corrected chi connectivity index (χ2v) is 13.5. The van der Waals surface area contributed by atoms with Crippen LogP contribution in [0.25, 0.3) is 0 Å². The molecule has 7 rings (SSSR count). The Balaban J connectivity index is 0.000000195. The molecule has 5 heterocycles. The van der Waals surface area contributed by atoms with E-state index in [1.807, 2.05) is 4.57 Å². The zero-order valence-corrected chi connectivity index (χ0v) is 32.2. The lowest BCUT2D eigenvalue weighted by Gasteiger charge is -2.28. The standard InChI is InChI=1S/C19H18N4O8.C18H17FN4O2S/c1-26-12-8-13(27-2)21-18(20-12)30-10-6-5-7-11(16(10)17(24)25)31-19-22-14(28-3)9-15(23-19)29-4;1-4-5-22-13-7-12(11(19)6-14(13)25-9-16(22)24)20-17-23-10-18(2,3)8-15(23)21-26-17/h5-9H,1-4H3,(H,24,25);1,6-7H,5,8-10H2,2-3H3. The molecule has 1 N–H and O–H groups in total. The first-order chi connectivity index (χ1) is 27.3. The number of carboxylic acid groups (broad SMARTS) is 1. The molecule has 20 heteroatoms. The highest BCUT2D eigenvalue weighted by Gasteiger charge is 2.31. The van der Waals surface area contributed by atoms with Crippen LogP contribution in [-0.2, 0) is 17.8 Å². The van der Waals surface area contributed by atoms with Gasteiger partial charge in [-0.15, -0.1) is 6.42 Å². The van der Waals surface area contributed by atoms with Crippen molar-refractivity contribution in [3.8, 4) is 65.1 Å². The molecule has 0 aliphatic carbocycles. The van der Waals surface area contributed by atoms with Crippen LogP contribution in [0.5, 0.6) is 52.8 Å². The van der Waals surface area contributed by atoms with E-state index in [4.69, 9.17) is 39.6 Å². The summed E-state index contributed by atoms with van der Waals surface area (Å²) in [7, 11) is 5.63. The third kappa shape index (κ3) is 8.94. The van der Waals surface area contributed by atoms with Crippen molar-refractivity contribution in [3.05, 3.63) is 64.5 Å². The predicted molar refractivity (Wildman–Crippen MR) is 200 cm³/mol. The van der Waals surface area contributed by atoms with Gasteiger partial charge in [-0.3, -0.25) is 9.69 Å². The number of anilines is 1. The lowest BCUT2D eigenvalue weighted by atomic mass is 9.92. The first-order valence-corrected chi connectivity index (χ1v) is 17.6. The SMILES string of the molecule is C#CCN1C(=O)COc2cc(F)c(N=c3snc4n3CC(C)(C)C4)cc21.COc1cc(OC)nc(Oc2cccc(Oc3nc(OC)cc(OC)n3)c2C(=O)O)n1. The molecule has 296 valence electrons. The van der Waals surface area contributed by atoms with Crippen molar-refractivity contribution in [3.63, 3.8) is 0 Å². The lowest BCUT2D eigenvalue weighted by Crippen LogP contribution is -2.39. The Kier molecular flexibility index (Phi) is 11.7. The summed E-state index contributed by atoms with van der Waals surface area (Å²) in [6.07, 6.45) is 6.22. The van der Waals surface area contributed by atoms with Crippen LogP contribution in [0, 0.1) is 23.6 Å². The van der Waals surface area contributed by atoms with Gasteiger partial charge in [0.25, 0.3) is 5.91 Å². The maximum absolute atomic E-state index is 14.5. The van der Waals surface area contributed by atoms with E-state index in [1.165, 1.54) is 87.3 Å². The number of fused-ring (bicyclic) bond motifs is 2. The zero-order valence-electron chi connectivity index (χ0n) is 31.4. The van der Waals surface area contributed by atoms with Crippen LogP contribution >= 0.6 is 11.5 Å². The van der Waals surface area contributed by atoms with Crippen LogP contribution in [0.15, 0.2) is 47.5 Å². The van der Waals surface area contributed by atoms with Crippen molar-refractivity contribution in [2.75, 3.05) is 46.5 Å². The zero-order chi connectivity index (χ0) is 40.9. The van der Waals surface area contributed by atoms with Crippen molar-refractivity contribution >= 4 is 34.8 Å². The van der Waals surface area contributed by atoms with Gasteiger partial charge in [-0.2, -0.15) is 24.3 Å². The number of carbonyl (C=O) groups is 2. The number of halogens is 1.